The van der Waals surface area contributed by atoms with Crippen molar-refractivity contribution < 1.29 is 53.9 Å². The summed E-state index contributed by atoms with van der Waals surface area (Å²) < 4.78 is 7.57. The molecule has 0 radical (unpaired) electrons. The molecule has 3 aromatic heterocycles. The van der Waals surface area contributed by atoms with Crippen LogP contribution in [0.4, 0.5) is 5.69 Å². The average molecular weight is 788 g/mol. The minimum absolute atomic E-state index is 0.0334. The third-order valence-electron chi connectivity index (χ3n) is 10.1. The number of carboxylic acids is 3. The van der Waals surface area contributed by atoms with E-state index >= 15 is 0 Å². The van der Waals surface area contributed by atoms with E-state index in [-0.39, 0.29) is 57.4 Å². The van der Waals surface area contributed by atoms with Gasteiger partial charge in [-0.2, -0.15) is 0 Å². The van der Waals surface area contributed by atoms with Gasteiger partial charge < -0.3 is 39.9 Å². The van der Waals surface area contributed by atoms with E-state index in [1.807, 2.05) is 12.1 Å². The van der Waals surface area contributed by atoms with Crippen LogP contribution in [0.3, 0.4) is 0 Å². The second kappa shape index (κ2) is 18.7. The van der Waals surface area contributed by atoms with Gasteiger partial charge in [0.05, 0.1) is 49.1 Å². The Morgan fingerprint density at radius 1 is 0.930 bits per heavy atom. The van der Waals surface area contributed by atoms with Crippen LogP contribution in [0.1, 0.15) is 54.1 Å². The molecule has 57 heavy (non-hydrogen) atoms. The highest BCUT2D eigenvalue weighted by Crippen LogP contribution is 2.36. The van der Waals surface area contributed by atoms with E-state index in [4.69, 9.17) is 14.7 Å². The Balaban J connectivity index is 1.13. The number of carbonyl (C=O) groups excluding carboxylic acids is 2. The van der Waals surface area contributed by atoms with E-state index in [9.17, 15) is 39.3 Å². The van der Waals surface area contributed by atoms with E-state index in [0.29, 0.717) is 27.7 Å². The van der Waals surface area contributed by atoms with Crippen molar-refractivity contribution in [2.75, 3.05) is 51.2 Å². The van der Waals surface area contributed by atoms with E-state index in [1.165, 1.54) is 16.2 Å². The quantitative estimate of drug-likeness (QED) is 0.0437. The highest BCUT2D eigenvalue weighted by atomic mass is 17.1. The number of aromatic amines is 1. The summed E-state index contributed by atoms with van der Waals surface area (Å²) in [4.78, 5) is 76.7. The van der Waals surface area contributed by atoms with Gasteiger partial charge in [-0.3, -0.25) is 34.2 Å². The minimum atomic E-state index is -1.30. The minimum Gasteiger partial charge on any atom is -0.480 e. The lowest BCUT2D eigenvalue weighted by atomic mass is 9.95. The molecule has 1 saturated carbocycles. The second-order valence-electron chi connectivity index (χ2n) is 14.1. The summed E-state index contributed by atoms with van der Waals surface area (Å²) in [6.45, 7) is -1.16. The lowest BCUT2D eigenvalue weighted by Crippen LogP contribution is -2.43. The zero-order chi connectivity index (χ0) is 40.5. The third kappa shape index (κ3) is 10.4. The highest BCUT2D eigenvalue weighted by Gasteiger charge is 2.26. The van der Waals surface area contributed by atoms with Crippen molar-refractivity contribution in [2.45, 2.75) is 50.6 Å². The van der Waals surface area contributed by atoms with Crippen LogP contribution in [0.5, 0.6) is 0 Å². The molecule has 2 aromatic carbocycles. The van der Waals surface area contributed by atoms with Gasteiger partial charge in [0.15, 0.2) is 0 Å². The summed E-state index contributed by atoms with van der Waals surface area (Å²) in [5.41, 5.74) is 4.17. The molecule has 1 fully saturated rings. The summed E-state index contributed by atoms with van der Waals surface area (Å²) in [7, 11) is 0. The lowest BCUT2D eigenvalue weighted by molar-refractivity contribution is -0.244. The number of hydrogen-bond acceptors (Lipinski definition) is 11. The predicted molar refractivity (Wildman–Crippen MR) is 206 cm³/mol. The summed E-state index contributed by atoms with van der Waals surface area (Å²) in [6, 6.07) is 11.0. The molecular formula is C39H45N7O11. The van der Waals surface area contributed by atoms with Crippen LogP contribution >= 0.6 is 0 Å². The first-order chi connectivity index (χ1) is 27.5. The maximum atomic E-state index is 13.6. The van der Waals surface area contributed by atoms with E-state index in [1.54, 1.807) is 49.1 Å². The molecule has 7 N–H and O–H groups in total. The molecule has 302 valence electrons. The fraction of sp³-hybridized carbons (Fsp3) is 0.385. The molecule has 0 bridgehead atoms. The monoisotopic (exact) mass is 787 g/mol. The first-order valence-corrected chi connectivity index (χ1v) is 18.6. The molecule has 1 aliphatic rings. The molecule has 0 unspecified atom stereocenters. The molecule has 18 nitrogen and oxygen atoms in total. The SMILES string of the molecule is O=C(O)CN(CCOO)CCN(CC(=O)O)CC(=O)Nc1ccc2[nH]cc(C[C@H](NC(=O)c3ccc4c(c3)nc(-c3ccoc3)n4C3CCCCC3)C(=O)O)c2c1. The van der Waals surface area contributed by atoms with Crippen LogP contribution in [-0.4, -0.2) is 127 Å². The van der Waals surface area contributed by atoms with Gasteiger partial charge in [-0.1, -0.05) is 19.3 Å². The second-order valence-corrected chi connectivity index (χ2v) is 14.1. The zero-order valence-electron chi connectivity index (χ0n) is 31.1. The number of hydrogen-bond donors (Lipinski definition) is 7. The molecule has 2 amide bonds. The van der Waals surface area contributed by atoms with Crippen molar-refractivity contribution in [3.05, 3.63) is 72.3 Å². The molecule has 6 rings (SSSR count). The van der Waals surface area contributed by atoms with Crippen LogP contribution in [0.2, 0.25) is 0 Å². The van der Waals surface area contributed by atoms with Crippen LogP contribution in [0.15, 0.2) is 65.6 Å². The van der Waals surface area contributed by atoms with Crippen molar-refractivity contribution >= 4 is 57.3 Å². The Morgan fingerprint density at radius 2 is 1.68 bits per heavy atom. The van der Waals surface area contributed by atoms with Crippen LogP contribution < -0.4 is 10.6 Å². The van der Waals surface area contributed by atoms with E-state index in [0.717, 1.165) is 42.6 Å². The number of furan rings is 1. The molecule has 0 spiro atoms. The molecular weight excluding hydrogens is 742 g/mol. The number of aliphatic carboxylic acids is 3. The number of nitrogens with zero attached hydrogens (tertiary/aromatic N) is 4. The number of rotatable bonds is 20. The van der Waals surface area contributed by atoms with E-state index in [2.05, 4.69) is 25.1 Å². The van der Waals surface area contributed by atoms with Crippen LogP contribution in [-0.2, 0) is 30.5 Å². The molecule has 3 heterocycles. The molecule has 1 aliphatic carbocycles. The fourth-order valence-electron chi connectivity index (χ4n) is 7.35. The first kappa shape index (κ1) is 40.6. The predicted octanol–water partition coefficient (Wildman–Crippen LogP) is 3.91. The topological polar surface area (TPSA) is 253 Å². The highest BCUT2D eigenvalue weighted by molar-refractivity contribution is 6.00. The average Bonchev–Trinajstić information content (AvgIpc) is 3.94. The Kier molecular flexibility index (Phi) is 13.3. The number of aromatic nitrogens is 3. The number of carbonyl (C=O) groups is 5. The van der Waals surface area contributed by atoms with Crippen molar-refractivity contribution in [3.8, 4) is 11.4 Å². The van der Waals surface area contributed by atoms with Crippen molar-refractivity contribution in [1.82, 2.24) is 29.7 Å². The van der Waals surface area contributed by atoms with Crippen molar-refractivity contribution in [2.24, 2.45) is 0 Å². The fourth-order valence-corrected chi connectivity index (χ4v) is 7.35. The summed E-state index contributed by atoms with van der Waals surface area (Å²) in [6.07, 6.45) is 10.3. The van der Waals surface area contributed by atoms with Gasteiger partial charge in [0, 0.05) is 60.4 Å². The largest absolute Gasteiger partial charge is 0.480 e. The molecule has 0 saturated heterocycles. The Morgan fingerprint density at radius 3 is 2.39 bits per heavy atom. The van der Waals surface area contributed by atoms with Crippen molar-refractivity contribution in [1.29, 1.82) is 0 Å². The number of anilines is 1. The standard InChI is InChI=1S/C39H45N7O11/c47-34(20-45(22-36(50)51)12-11-44(13-15-57-55)21-35(48)49)41-27-7-8-30-29(18-27)26(19-40-30)17-32(39(53)54)43-38(52)24-6-9-33-31(16-24)42-37(25-10-14-56-23-25)46(33)28-4-2-1-3-5-28/h6-10,14,16,18-19,23,28,32,40,55H,1-5,11-13,15,17,20-22H2,(H,41,47)(H,43,52)(H,48,49)(H,50,51)(H,53,54)/t32-/m0/s1. The van der Waals surface area contributed by atoms with Gasteiger partial charge in [0.2, 0.25) is 5.91 Å². The Hall–Kier alpha value is -6.08. The van der Waals surface area contributed by atoms with Crippen LogP contribution in [0.25, 0.3) is 33.3 Å². The number of amides is 2. The van der Waals surface area contributed by atoms with Gasteiger partial charge in [-0.15, -0.1) is 0 Å². The maximum absolute atomic E-state index is 13.6. The smallest absolute Gasteiger partial charge is 0.326 e. The Bertz CT molecular complexity index is 2210. The lowest BCUT2D eigenvalue weighted by Gasteiger charge is -2.25. The molecule has 5 aromatic rings. The Labute approximate surface area is 325 Å². The molecule has 18 heteroatoms. The van der Waals surface area contributed by atoms with Gasteiger partial charge in [0.1, 0.15) is 18.1 Å². The summed E-state index contributed by atoms with van der Waals surface area (Å²) >= 11 is 0. The van der Waals surface area contributed by atoms with Crippen LogP contribution in [0, 0.1) is 0 Å². The summed E-state index contributed by atoms with van der Waals surface area (Å²) in [5.74, 6) is -3.91. The third-order valence-corrected chi connectivity index (χ3v) is 10.1. The van der Waals surface area contributed by atoms with Gasteiger partial charge in [0.25, 0.3) is 5.91 Å². The molecule has 1 atom stereocenters. The normalized spacial score (nSPS) is 14.0. The number of H-pyrrole nitrogens is 1. The molecule has 0 aliphatic heterocycles. The number of nitrogens with one attached hydrogen (secondary N) is 3. The van der Waals surface area contributed by atoms with Gasteiger partial charge >= 0.3 is 17.9 Å². The number of benzene rings is 2. The number of fused-ring (bicyclic) bond motifs is 2. The number of imidazole rings is 1. The number of carboxylic acid groups (broad SMARTS) is 3. The van der Waals surface area contributed by atoms with Gasteiger partial charge in [-0.05, 0) is 60.9 Å². The first-order valence-electron chi connectivity index (χ1n) is 18.6. The van der Waals surface area contributed by atoms with Gasteiger partial charge in [-0.25, -0.2) is 14.7 Å². The van der Waals surface area contributed by atoms with E-state index < -0.39 is 42.3 Å². The zero-order valence-corrected chi connectivity index (χ0v) is 31.1. The van der Waals surface area contributed by atoms with Crippen molar-refractivity contribution in [3.63, 3.8) is 0 Å². The summed E-state index contributed by atoms with van der Waals surface area (Å²) in [5, 5.41) is 43.4. The maximum Gasteiger partial charge on any atom is 0.326 e.